The van der Waals surface area contributed by atoms with Crippen LogP contribution in [0.2, 0.25) is 0 Å². The molecule has 0 radical (unpaired) electrons. The number of nitrogens with one attached hydrogen (secondary N) is 1. The Morgan fingerprint density at radius 2 is 2.05 bits per heavy atom. The summed E-state index contributed by atoms with van der Waals surface area (Å²) in [7, 11) is 1.97. The molecule has 0 unspecified atom stereocenters. The minimum atomic E-state index is 0.694. The van der Waals surface area contributed by atoms with Gasteiger partial charge in [0, 0.05) is 37.0 Å². The summed E-state index contributed by atoms with van der Waals surface area (Å²) in [6.45, 7) is 3.58. The van der Waals surface area contributed by atoms with E-state index in [1.807, 2.05) is 30.8 Å². The van der Waals surface area contributed by atoms with Gasteiger partial charge in [-0.1, -0.05) is 0 Å². The number of benzene rings is 1. The largest absolute Gasteiger partial charge is 0.494 e. The molecule has 1 aliphatic carbocycles. The monoisotopic (exact) mass is 271 g/mol. The molecule has 0 atom stereocenters. The lowest BCUT2D eigenvalue weighted by Gasteiger charge is -2.06. The first-order valence-electron chi connectivity index (χ1n) is 7.25. The van der Waals surface area contributed by atoms with Gasteiger partial charge in [-0.15, -0.1) is 0 Å². The van der Waals surface area contributed by atoms with Crippen LogP contribution >= 0.6 is 0 Å². The molecular weight excluding hydrogens is 250 g/mol. The molecule has 0 aliphatic heterocycles. The minimum absolute atomic E-state index is 0.694. The van der Waals surface area contributed by atoms with Crippen LogP contribution in [0.25, 0.3) is 11.3 Å². The highest BCUT2D eigenvalue weighted by molar-refractivity contribution is 5.63. The summed E-state index contributed by atoms with van der Waals surface area (Å²) >= 11 is 0. The summed E-state index contributed by atoms with van der Waals surface area (Å²) in [5.74, 6) is 0.907. The summed E-state index contributed by atoms with van der Waals surface area (Å²) in [4.78, 5) is 0. The van der Waals surface area contributed by atoms with E-state index in [-0.39, 0.29) is 0 Å². The average molecular weight is 271 g/mol. The number of ether oxygens (including phenoxy) is 1. The van der Waals surface area contributed by atoms with Gasteiger partial charge in [-0.2, -0.15) is 5.10 Å². The first-order chi connectivity index (χ1) is 9.76. The number of hydrogen-bond acceptors (Lipinski definition) is 3. The molecule has 0 saturated heterocycles. The van der Waals surface area contributed by atoms with Crippen molar-refractivity contribution in [3.63, 3.8) is 0 Å². The second-order valence-electron chi connectivity index (χ2n) is 5.29. The smallest absolute Gasteiger partial charge is 0.119 e. The highest BCUT2D eigenvalue weighted by atomic mass is 16.5. The van der Waals surface area contributed by atoms with E-state index < -0.39 is 0 Å². The first-order valence-corrected chi connectivity index (χ1v) is 7.25. The molecule has 1 N–H and O–H groups in total. The molecule has 1 aromatic heterocycles. The molecule has 2 aromatic rings. The Morgan fingerprint density at radius 3 is 2.70 bits per heavy atom. The lowest BCUT2D eigenvalue weighted by molar-refractivity contribution is 0.340. The molecule has 4 heteroatoms. The molecule has 1 heterocycles. The molecule has 0 spiro atoms. The molecule has 1 saturated carbocycles. The van der Waals surface area contributed by atoms with E-state index in [4.69, 9.17) is 4.74 Å². The van der Waals surface area contributed by atoms with Crippen LogP contribution in [0.1, 0.15) is 25.3 Å². The van der Waals surface area contributed by atoms with Gasteiger partial charge in [0.25, 0.3) is 0 Å². The average Bonchev–Trinajstić information content (AvgIpc) is 3.20. The summed E-state index contributed by atoms with van der Waals surface area (Å²) in [5, 5.41) is 8.14. The second kappa shape index (κ2) is 5.67. The third-order valence-corrected chi connectivity index (χ3v) is 3.50. The summed E-state index contributed by atoms with van der Waals surface area (Å²) in [6.07, 6.45) is 4.71. The first kappa shape index (κ1) is 13.2. The predicted octanol–water partition coefficient (Wildman–Crippen LogP) is 2.74. The van der Waals surface area contributed by atoms with Crippen LogP contribution in [0.5, 0.6) is 5.75 Å². The summed E-state index contributed by atoms with van der Waals surface area (Å²) < 4.78 is 7.37. The number of rotatable bonds is 6. The standard InChI is InChI=1S/C16H21N3O/c1-3-20-15-8-4-12(5-9-15)16-13(11-19(2)18-16)10-17-14-6-7-14/h4-5,8-9,11,14,17H,3,6-7,10H2,1-2H3. The maximum Gasteiger partial charge on any atom is 0.119 e. The number of hydrogen-bond donors (Lipinski definition) is 1. The van der Waals surface area contributed by atoms with Crippen molar-refractivity contribution < 1.29 is 4.74 Å². The Kier molecular flexibility index (Phi) is 3.74. The molecule has 106 valence electrons. The summed E-state index contributed by atoms with van der Waals surface area (Å²) in [6, 6.07) is 8.88. The van der Waals surface area contributed by atoms with Crippen molar-refractivity contribution in [2.45, 2.75) is 32.4 Å². The number of aryl methyl sites for hydroxylation is 1. The van der Waals surface area contributed by atoms with Gasteiger partial charge in [0.15, 0.2) is 0 Å². The fourth-order valence-electron chi connectivity index (χ4n) is 2.33. The maximum absolute atomic E-state index is 5.48. The van der Waals surface area contributed by atoms with E-state index in [1.165, 1.54) is 18.4 Å². The van der Waals surface area contributed by atoms with Crippen LogP contribution in [-0.4, -0.2) is 22.4 Å². The van der Waals surface area contributed by atoms with E-state index >= 15 is 0 Å². The SMILES string of the molecule is CCOc1ccc(-c2nn(C)cc2CNC2CC2)cc1. The van der Waals surface area contributed by atoms with Crippen LogP contribution in [-0.2, 0) is 13.6 Å². The zero-order valence-corrected chi connectivity index (χ0v) is 12.1. The van der Waals surface area contributed by atoms with Gasteiger partial charge in [-0.25, -0.2) is 0 Å². The summed E-state index contributed by atoms with van der Waals surface area (Å²) in [5.41, 5.74) is 3.45. The minimum Gasteiger partial charge on any atom is -0.494 e. The van der Waals surface area contributed by atoms with Crippen LogP contribution in [0.4, 0.5) is 0 Å². The van der Waals surface area contributed by atoms with E-state index in [1.54, 1.807) is 0 Å². The van der Waals surface area contributed by atoms with Gasteiger partial charge in [-0.3, -0.25) is 4.68 Å². The van der Waals surface area contributed by atoms with Gasteiger partial charge in [0.05, 0.1) is 12.3 Å². The quantitative estimate of drug-likeness (QED) is 0.878. The predicted molar refractivity (Wildman–Crippen MR) is 79.7 cm³/mol. The fourth-order valence-corrected chi connectivity index (χ4v) is 2.33. The van der Waals surface area contributed by atoms with Crippen LogP contribution in [0.15, 0.2) is 30.5 Å². The van der Waals surface area contributed by atoms with Crippen molar-refractivity contribution >= 4 is 0 Å². The van der Waals surface area contributed by atoms with Gasteiger partial charge in [-0.05, 0) is 44.0 Å². The molecule has 20 heavy (non-hydrogen) atoms. The van der Waals surface area contributed by atoms with Crippen molar-refractivity contribution in [1.29, 1.82) is 0 Å². The zero-order valence-electron chi connectivity index (χ0n) is 12.1. The number of aromatic nitrogens is 2. The van der Waals surface area contributed by atoms with Gasteiger partial charge in [0.2, 0.25) is 0 Å². The van der Waals surface area contributed by atoms with Crippen LogP contribution in [0, 0.1) is 0 Å². The second-order valence-corrected chi connectivity index (χ2v) is 5.29. The van der Waals surface area contributed by atoms with E-state index in [9.17, 15) is 0 Å². The van der Waals surface area contributed by atoms with Gasteiger partial charge < -0.3 is 10.1 Å². The lowest BCUT2D eigenvalue weighted by Crippen LogP contribution is -2.15. The normalized spacial score (nSPS) is 14.5. The van der Waals surface area contributed by atoms with Crippen LogP contribution < -0.4 is 10.1 Å². The third-order valence-electron chi connectivity index (χ3n) is 3.50. The zero-order chi connectivity index (χ0) is 13.9. The molecular formula is C16H21N3O. The topological polar surface area (TPSA) is 39.1 Å². The molecule has 0 amide bonds. The van der Waals surface area contributed by atoms with E-state index in [2.05, 4.69) is 28.7 Å². The van der Waals surface area contributed by atoms with Crippen LogP contribution in [0.3, 0.4) is 0 Å². The Labute approximate surface area is 119 Å². The Balaban J connectivity index is 1.80. The highest BCUT2D eigenvalue weighted by Crippen LogP contribution is 2.26. The van der Waals surface area contributed by atoms with E-state index in [0.717, 1.165) is 23.6 Å². The van der Waals surface area contributed by atoms with Crippen molar-refractivity contribution in [3.05, 3.63) is 36.0 Å². The molecule has 3 rings (SSSR count). The van der Waals surface area contributed by atoms with E-state index in [0.29, 0.717) is 12.6 Å². The van der Waals surface area contributed by atoms with Crippen molar-refractivity contribution in [3.8, 4) is 17.0 Å². The molecule has 1 aromatic carbocycles. The van der Waals surface area contributed by atoms with Crippen molar-refractivity contribution in [1.82, 2.24) is 15.1 Å². The Morgan fingerprint density at radius 1 is 1.30 bits per heavy atom. The maximum atomic E-state index is 5.48. The highest BCUT2D eigenvalue weighted by Gasteiger charge is 2.21. The fraction of sp³-hybridized carbons (Fsp3) is 0.438. The molecule has 4 nitrogen and oxygen atoms in total. The Hall–Kier alpha value is -1.81. The van der Waals surface area contributed by atoms with Gasteiger partial charge in [0.1, 0.15) is 5.75 Å². The third kappa shape index (κ3) is 3.02. The van der Waals surface area contributed by atoms with Gasteiger partial charge >= 0.3 is 0 Å². The van der Waals surface area contributed by atoms with Crippen molar-refractivity contribution in [2.75, 3.05) is 6.61 Å². The molecule has 0 bridgehead atoms. The molecule has 1 fully saturated rings. The lowest BCUT2D eigenvalue weighted by atomic mass is 10.1. The van der Waals surface area contributed by atoms with Crippen molar-refractivity contribution in [2.24, 2.45) is 7.05 Å². The Bertz CT molecular complexity index is 570. The molecule has 1 aliphatic rings. The number of nitrogens with zero attached hydrogens (tertiary/aromatic N) is 2.